The third-order valence-electron chi connectivity index (χ3n) is 2.27. The predicted octanol–water partition coefficient (Wildman–Crippen LogP) is 2.42. The maximum Gasteiger partial charge on any atom is 0.0294 e. The van der Waals surface area contributed by atoms with Gasteiger partial charge in [-0.05, 0) is 59.7 Å². The van der Waals surface area contributed by atoms with Gasteiger partial charge in [-0.1, -0.05) is 18.6 Å². The van der Waals surface area contributed by atoms with Crippen LogP contribution in [0.2, 0.25) is 0 Å². The van der Waals surface area contributed by atoms with Gasteiger partial charge in [-0.15, -0.1) is 0 Å². The summed E-state index contributed by atoms with van der Waals surface area (Å²) in [7, 11) is 0. The van der Waals surface area contributed by atoms with E-state index in [1.165, 1.54) is 9.13 Å². The summed E-state index contributed by atoms with van der Waals surface area (Å²) in [5.74, 6) is 0. The van der Waals surface area contributed by atoms with Crippen molar-refractivity contribution in [1.82, 2.24) is 0 Å². The van der Waals surface area contributed by atoms with Gasteiger partial charge in [0.2, 0.25) is 0 Å². The molecule has 0 amide bonds. The van der Waals surface area contributed by atoms with Crippen LogP contribution in [-0.2, 0) is 0 Å². The second kappa shape index (κ2) is 6.37. The minimum atomic E-state index is 0.165. The van der Waals surface area contributed by atoms with E-state index in [-0.39, 0.29) is 6.04 Å². The SMILES string of the molecule is NCCCC[C@@H](N)c1ccc(I)cc1. The number of nitrogens with two attached hydrogens (primary N) is 2. The van der Waals surface area contributed by atoms with Crippen LogP contribution in [0.5, 0.6) is 0 Å². The standard InChI is InChI=1S/C11H17IN2/c12-10-6-4-9(5-7-10)11(14)3-1-2-8-13/h4-7,11H,1-3,8,13-14H2/t11-/m1/s1. The van der Waals surface area contributed by atoms with Gasteiger partial charge < -0.3 is 11.5 Å². The third-order valence-corrected chi connectivity index (χ3v) is 2.99. The zero-order chi connectivity index (χ0) is 10.4. The first-order valence-electron chi connectivity index (χ1n) is 4.95. The molecule has 1 rings (SSSR count). The molecule has 0 aliphatic carbocycles. The van der Waals surface area contributed by atoms with E-state index in [2.05, 4.69) is 46.9 Å². The van der Waals surface area contributed by atoms with Crippen LogP contribution in [0.1, 0.15) is 30.9 Å². The van der Waals surface area contributed by atoms with Gasteiger partial charge in [0, 0.05) is 9.61 Å². The van der Waals surface area contributed by atoms with Crippen molar-refractivity contribution in [2.24, 2.45) is 11.5 Å². The number of hydrogen-bond acceptors (Lipinski definition) is 2. The first-order chi connectivity index (χ1) is 6.74. The fourth-order valence-electron chi connectivity index (χ4n) is 1.39. The molecule has 1 aromatic rings. The Hall–Kier alpha value is -0.130. The molecule has 0 aromatic heterocycles. The molecule has 1 atom stereocenters. The number of hydrogen-bond donors (Lipinski definition) is 2. The van der Waals surface area contributed by atoms with Gasteiger partial charge in [-0.3, -0.25) is 0 Å². The van der Waals surface area contributed by atoms with E-state index in [1.807, 2.05) is 0 Å². The fraction of sp³-hybridized carbons (Fsp3) is 0.455. The lowest BCUT2D eigenvalue weighted by molar-refractivity contribution is 0.591. The van der Waals surface area contributed by atoms with Crippen molar-refractivity contribution in [3.05, 3.63) is 33.4 Å². The van der Waals surface area contributed by atoms with Gasteiger partial charge >= 0.3 is 0 Å². The van der Waals surface area contributed by atoms with Crippen LogP contribution >= 0.6 is 22.6 Å². The number of rotatable bonds is 5. The van der Waals surface area contributed by atoms with Crippen LogP contribution in [0, 0.1) is 3.57 Å². The number of benzene rings is 1. The monoisotopic (exact) mass is 304 g/mol. The van der Waals surface area contributed by atoms with Gasteiger partial charge in [0.1, 0.15) is 0 Å². The third kappa shape index (κ3) is 3.94. The summed E-state index contributed by atoms with van der Waals surface area (Å²) in [6.07, 6.45) is 3.21. The Labute approximate surface area is 99.2 Å². The first kappa shape index (κ1) is 11.9. The average Bonchev–Trinajstić information content (AvgIpc) is 2.19. The topological polar surface area (TPSA) is 52.0 Å². The normalized spacial score (nSPS) is 12.8. The largest absolute Gasteiger partial charge is 0.330 e. The highest BCUT2D eigenvalue weighted by Gasteiger charge is 2.04. The average molecular weight is 304 g/mol. The van der Waals surface area contributed by atoms with E-state index in [0.29, 0.717) is 0 Å². The van der Waals surface area contributed by atoms with Crippen molar-refractivity contribution in [2.45, 2.75) is 25.3 Å². The van der Waals surface area contributed by atoms with Gasteiger partial charge in [-0.25, -0.2) is 0 Å². The lowest BCUT2D eigenvalue weighted by Gasteiger charge is -2.11. The minimum absolute atomic E-state index is 0.165. The summed E-state index contributed by atoms with van der Waals surface area (Å²) >= 11 is 2.30. The molecule has 0 radical (unpaired) electrons. The van der Waals surface area contributed by atoms with E-state index >= 15 is 0 Å². The molecule has 78 valence electrons. The van der Waals surface area contributed by atoms with Crippen molar-refractivity contribution in [3.8, 4) is 0 Å². The van der Waals surface area contributed by atoms with Crippen LogP contribution in [0.25, 0.3) is 0 Å². The molecular formula is C11H17IN2. The molecule has 4 N–H and O–H groups in total. The molecule has 0 saturated heterocycles. The van der Waals surface area contributed by atoms with Crippen LogP contribution in [0.15, 0.2) is 24.3 Å². The van der Waals surface area contributed by atoms with E-state index in [9.17, 15) is 0 Å². The quantitative estimate of drug-likeness (QED) is 0.648. The molecule has 3 heteroatoms. The Morgan fingerprint density at radius 1 is 1.14 bits per heavy atom. The molecule has 2 nitrogen and oxygen atoms in total. The second-order valence-electron chi connectivity index (χ2n) is 3.44. The summed E-state index contributed by atoms with van der Waals surface area (Å²) < 4.78 is 1.25. The maximum atomic E-state index is 6.04. The zero-order valence-electron chi connectivity index (χ0n) is 8.25. The van der Waals surface area contributed by atoms with Crippen molar-refractivity contribution in [1.29, 1.82) is 0 Å². The Balaban J connectivity index is 2.43. The zero-order valence-corrected chi connectivity index (χ0v) is 10.4. The molecule has 1 aromatic carbocycles. The van der Waals surface area contributed by atoms with Crippen molar-refractivity contribution in [3.63, 3.8) is 0 Å². The predicted molar refractivity (Wildman–Crippen MR) is 69.0 cm³/mol. The van der Waals surface area contributed by atoms with E-state index in [4.69, 9.17) is 11.5 Å². The lowest BCUT2D eigenvalue weighted by atomic mass is 10.0. The van der Waals surface area contributed by atoms with Gasteiger partial charge in [0.15, 0.2) is 0 Å². The summed E-state index contributed by atoms with van der Waals surface area (Å²) in [4.78, 5) is 0. The molecule has 0 heterocycles. The Bertz CT molecular complexity index is 258. The summed E-state index contributed by atoms with van der Waals surface area (Å²) in [6, 6.07) is 8.57. The van der Waals surface area contributed by atoms with E-state index < -0.39 is 0 Å². The van der Waals surface area contributed by atoms with E-state index in [1.54, 1.807) is 0 Å². The lowest BCUT2D eigenvalue weighted by Crippen LogP contribution is -2.10. The van der Waals surface area contributed by atoms with Crippen LogP contribution in [-0.4, -0.2) is 6.54 Å². The molecule has 0 spiro atoms. The highest BCUT2D eigenvalue weighted by atomic mass is 127. The fourth-order valence-corrected chi connectivity index (χ4v) is 1.74. The molecule has 0 aliphatic rings. The van der Waals surface area contributed by atoms with Crippen molar-refractivity contribution in [2.75, 3.05) is 6.54 Å². The first-order valence-corrected chi connectivity index (χ1v) is 6.03. The Morgan fingerprint density at radius 2 is 1.79 bits per heavy atom. The van der Waals surface area contributed by atoms with Crippen LogP contribution in [0.4, 0.5) is 0 Å². The number of halogens is 1. The molecule has 0 aliphatic heterocycles. The van der Waals surface area contributed by atoms with Gasteiger partial charge in [-0.2, -0.15) is 0 Å². The molecular weight excluding hydrogens is 287 g/mol. The van der Waals surface area contributed by atoms with Crippen molar-refractivity contribution >= 4 is 22.6 Å². The summed E-state index contributed by atoms with van der Waals surface area (Å²) in [6.45, 7) is 0.763. The summed E-state index contributed by atoms with van der Waals surface area (Å²) in [5.41, 5.74) is 12.7. The minimum Gasteiger partial charge on any atom is -0.330 e. The second-order valence-corrected chi connectivity index (χ2v) is 4.69. The Morgan fingerprint density at radius 3 is 2.36 bits per heavy atom. The van der Waals surface area contributed by atoms with Crippen LogP contribution < -0.4 is 11.5 Å². The highest BCUT2D eigenvalue weighted by molar-refractivity contribution is 14.1. The van der Waals surface area contributed by atoms with Gasteiger partial charge in [0.25, 0.3) is 0 Å². The molecule has 0 fully saturated rings. The molecule has 14 heavy (non-hydrogen) atoms. The van der Waals surface area contributed by atoms with Crippen LogP contribution in [0.3, 0.4) is 0 Å². The molecule has 0 unspecified atom stereocenters. The smallest absolute Gasteiger partial charge is 0.0294 e. The van der Waals surface area contributed by atoms with Crippen molar-refractivity contribution < 1.29 is 0 Å². The molecule has 0 bridgehead atoms. The number of unbranched alkanes of at least 4 members (excludes halogenated alkanes) is 1. The molecule has 0 saturated carbocycles. The highest BCUT2D eigenvalue weighted by Crippen LogP contribution is 2.17. The Kier molecular flexibility index (Phi) is 5.44. The maximum absolute atomic E-state index is 6.04. The van der Waals surface area contributed by atoms with E-state index in [0.717, 1.165) is 25.8 Å². The van der Waals surface area contributed by atoms with Gasteiger partial charge in [0.05, 0.1) is 0 Å². The summed E-state index contributed by atoms with van der Waals surface area (Å²) in [5, 5.41) is 0.